The van der Waals surface area contributed by atoms with Gasteiger partial charge in [-0.15, -0.1) is 0 Å². The van der Waals surface area contributed by atoms with Crippen LogP contribution in [0.2, 0.25) is 0 Å². The molecule has 0 saturated carbocycles. The van der Waals surface area contributed by atoms with Gasteiger partial charge in [-0.05, 0) is 49.6 Å². The van der Waals surface area contributed by atoms with Crippen LogP contribution in [-0.4, -0.2) is 25.0 Å². The van der Waals surface area contributed by atoms with Crippen molar-refractivity contribution in [3.63, 3.8) is 0 Å². The molecule has 2 N–H and O–H groups in total. The lowest BCUT2D eigenvalue weighted by Gasteiger charge is -2.19. The van der Waals surface area contributed by atoms with Crippen LogP contribution in [0, 0.1) is 0 Å². The van der Waals surface area contributed by atoms with Crippen molar-refractivity contribution in [1.82, 2.24) is 5.32 Å². The van der Waals surface area contributed by atoms with Crippen molar-refractivity contribution < 1.29 is 4.79 Å². The van der Waals surface area contributed by atoms with Crippen LogP contribution in [-0.2, 0) is 11.3 Å². The molecule has 1 fully saturated rings. The normalized spacial score (nSPS) is 15.1. The van der Waals surface area contributed by atoms with E-state index in [0.29, 0.717) is 6.54 Å². The Bertz CT molecular complexity index is 648. The molecule has 4 heteroatoms. The number of carbonyl (C=O) groups excluding carboxylic acids is 1. The first-order chi connectivity index (χ1) is 11.7. The van der Waals surface area contributed by atoms with Crippen LogP contribution in [0.4, 0.5) is 11.4 Å². The van der Waals surface area contributed by atoms with Crippen molar-refractivity contribution in [2.24, 2.45) is 0 Å². The van der Waals surface area contributed by atoms with Gasteiger partial charge in [0, 0.05) is 31.0 Å². The predicted molar refractivity (Wildman–Crippen MR) is 99.3 cm³/mol. The predicted octanol–water partition coefficient (Wildman–Crippen LogP) is 3.40. The van der Waals surface area contributed by atoms with Crippen LogP contribution in [0.5, 0.6) is 0 Å². The Labute approximate surface area is 143 Å². The molecule has 0 bridgehead atoms. The van der Waals surface area contributed by atoms with E-state index >= 15 is 0 Å². The molecule has 0 radical (unpaired) electrons. The van der Waals surface area contributed by atoms with Crippen molar-refractivity contribution in [3.05, 3.63) is 60.2 Å². The molecule has 24 heavy (non-hydrogen) atoms. The van der Waals surface area contributed by atoms with Crippen LogP contribution < -0.4 is 15.5 Å². The van der Waals surface area contributed by atoms with Crippen molar-refractivity contribution in [2.45, 2.75) is 32.4 Å². The van der Waals surface area contributed by atoms with E-state index in [2.05, 4.69) is 39.8 Å². The zero-order valence-electron chi connectivity index (χ0n) is 14.2. The molecular formula is C20H25N3O. The highest BCUT2D eigenvalue weighted by atomic mass is 16.2. The zero-order valence-corrected chi connectivity index (χ0v) is 14.2. The van der Waals surface area contributed by atoms with E-state index in [9.17, 15) is 4.79 Å². The summed E-state index contributed by atoms with van der Waals surface area (Å²) in [6, 6.07) is 18.0. The van der Waals surface area contributed by atoms with Gasteiger partial charge < -0.3 is 15.5 Å². The number of rotatable bonds is 6. The van der Waals surface area contributed by atoms with E-state index in [0.717, 1.165) is 24.3 Å². The SMILES string of the molecule is C[C@H](Nc1ccc(N2CCCC2)cc1)C(=O)NCc1ccccc1. The lowest BCUT2D eigenvalue weighted by atomic mass is 10.2. The third-order valence-corrected chi connectivity index (χ3v) is 4.42. The Balaban J connectivity index is 1.50. The van der Waals surface area contributed by atoms with E-state index < -0.39 is 0 Å². The summed E-state index contributed by atoms with van der Waals surface area (Å²) in [7, 11) is 0. The molecule has 0 spiro atoms. The van der Waals surface area contributed by atoms with Crippen molar-refractivity contribution in [2.75, 3.05) is 23.3 Å². The topological polar surface area (TPSA) is 44.4 Å². The first kappa shape index (κ1) is 16.4. The molecule has 1 heterocycles. The molecule has 0 unspecified atom stereocenters. The summed E-state index contributed by atoms with van der Waals surface area (Å²) in [5.41, 5.74) is 3.34. The average molecular weight is 323 g/mol. The monoisotopic (exact) mass is 323 g/mol. The largest absolute Gasteiger partial charge is 0.374 e. The second-order valence-electron chi connectivity index (χ2n) is 6.31. The number of anilines is 2. The number of benzene rings is 2. The molecule has 1 amide bonds. The van der Waals surface area contributed by atoms with Gasteiger partial charge in [-0.25, -0.2) is 0 Å². The second-order valence-corrected chi connectivity index (χ2v) is 6.31. The number of carbonyl (C=O) groups is 1. The Morgan fingerprint density at radius 3 is 2.38 bits per heavy atom. The van der Waals surface area contributed by atoms with Crippen LogP contribution in [0.1, 0.15) is 25.3 Å². The van der Waals surface area contributed by atoms with Gasteiger partial charge in [-0.3, -0.25) is 4.79 Å². The molecule has 1 aliphatic rings. The summed E-state index contributed by atoms with van der Waals surface area (Å²) in [6.07, 6.45) is 2.55. The standard InChI is InChI=1S/C20H25N3O/c1-16(20(24)21-15-17-7-3-2-4-8-17)22-18-9-11-19(12-10-18)23-13-5-6-14-23/h2-4,7-12,16,22H,5-6,13-15H2,1H3,(H,21,24)/t16-/m0/s1. The first-order valence-corrected chi connectivity index (χ1v) is 8.65. The maximum Gasteiger partial charge on any atom is 0.242 e. The molecule has 4 nitrogen and oxygen atoms in total. The van der Waals surface area contributed by atoms with Crippen LogP contribution in [0.25, 0.3) is 0 Å². The quantitative estimate of drug-likeness (QED) is 0.856. The molecule has 1 saturated heterocycles. The minimum atomic E-state index is -0.272. The molecule has 0 aliphatic carbocycles. The minimum absolute atomic E-state index is 0.00229. The maximum absolute atomic E-state index is 12.2. The fourth-order valence-corrected chi connectivity index (χ4v) is 3.00. The average Bonchev–Trinajstić information content (AvgIpc) is 3.16. The Morgan fingerprint density at radius 2 is 1.71 bits per heavy atom. The van der Waals surface area contributed by atoms with Gasteiger partial charge in [-0.1, -0.05) is 30.3 Å². The van der Waals surface area contributed by atoms with Crippen LogP contribution in [0.3, 0.4) is 0 Å². The third-order valence-electron chi connectivity index (χ3n) is 4.42. The molecule has 0 aromatic heterocycles. The number of amides is 1. The highest BCUT2D eigenvalue weighted by Gasteiger charge is 2.14. The lowest BCUT2D eigenvalue weighted by molar-refractivity contribution is -0.121. The fraction of sp³-hybridized carbons (Fsp3) is 0.350. The van der Waals surface area contributed by atoms with Crippen molar-refractivity contribution in [1.29, 1.82) is 0 Å². The minimum Gasteiger partial charge on any atom is -0.374 e. The molecular weight excluding hydrogens is 298 g/mol. The van der Waals surface area contributed by atoms with E-state index in [4.69, 9.17) is 0 Å². The van der Waals surface area contributed by atoms with E-state index in [1.165, 1.54) is 18.5 Å². The summed E-state index contributed by atoms with van der Waals surface area (Å²) < 4.78 is 0. The lowest BCUT2D eigenvalue weighted by Crippen LogP contribution is -2.37. The Hall–Kier alpha value is -2.49. The Morgan fingerprint density at radius 1 is 1.04 bits per heavy atom. The first-order valence-electron chi connectivity index (χ1n) is 8.65. The second kappa shape index (κ2) is 7.86. The number of nitrogens with zero attached hydrogens (tertiary/aromatic N) is 1. The van der Waals surface area contributed by atoms with E-state index in [1.54, 1.807) is 0 Å². The molecule has 1 atom stereocenters. The summed E-state index contributed by atoms with van der Waals surface area (Å²) in [5.74, 6) is 0.00229. The van der Waals surface area contributed by atoms with Gasteiger partial charge in [0.05, 0.1) is 0 Å². The van der Waals surface area contributed by atoms with Crippen LogP contribution >= 0.6 is 0 Å². The van der Waals surface area contributed by atoms with Gasteiger partial charge >= 0.3 is 0 Å². The van der Waals surface area contributed by atoms with Gasteiger partial charge in [0.25, 0.3) is 0 Å². The fourth-order valence-electron chi connectivity index (χ4n) is 3.00. The molecule has 2 aromatic rings. The highest BCUT2D eigenvalue weighted by Crippen LogP contribution is 2.22. The highest BCUT2D eigenvalue weighted by molar-refractivity contribution is 5.84. The zero-order chi connectivity index (χ0) is 16.8. The van der Waals surface area contributed by atoms with E-state index in [-0.39, 0.29) is 11.9 Å². The molecule has 1 aliphatic heterocycles. The molecule has 3 rings (SSSR count). The Kier molecular flexibility index (Phi) is 5.36. The summed E-state index contributed by atoms with van der Waals surface area (Å²) in [4.78, 5) is 14.6. The smallest absolute Gasteiger partial charge is 0.242 e. The van der Waals surface area contributed by atoms with E-state index in [1.807, 2.05) is 37.3 Å². The number of hydrogen-bond donors (Lipinski definition) is 2. The maximum atomic E-state index is 12.2. The van der Waals surface area contributed by atoms with Crippen molar-refractivity contribution >= 4 is 17.3 Å². The summed E-state index contributed by atoms with van der Waals surface area (Å²) >= 11 is 0. The molecule has 126 valence electrons. The number of hydrogen-bond acceptors (Lipinski definition) is 3. The van der Waals surface area contributed by atoms with Gasteiger partial charge in [0.15, 0.2) is 0 Å². The van der Waals surface area contributed by atoms with Crippen molar-refractivity contribution in [3.8, 4) is 0 Å². The number of nitrogens with one attached hydrogen (secondary N) is 2. The van der Waals surface area contributed by atoms with Gasteiger partial charge in [-0.2, -0.15) is 0 Å². The van der Waals surface area contributed by atoms with Gasteiger partial charge in [0.1, 0.15) is 6.04 Å². The van der Waals surface area contributed by atoms with Crippen LogP contribution in [0.15, 0.2) is 54.6 Å². The summed E-state index contributed by atoms with van der Waals surface area (Å²) in [6.45, 7) is 4.73. The van der Waals surface area contributed by atoms with Gasteiger partial charge in [0.2, 0.25) is 5.91 Å². The summed E-state index contributed by atoms with van der Waals surface area (Å²) in [5, 5.41) is 6.23. The third kappa shape index (κ3) is 4.28. The molecule has 2 aromatic carbocycles.